The van der Waals surface area contributed by atoms with Gasteiger partial charge in [-0.1, -0.05) is 51.4 Å². The lowest BCUT2D eigenvalue weighted by Gasteiger charge is -2.33. The van der Waals surface area contributed by atoms with E-state index in [0.717, 1.165) is 25.8 Å². The van der Waals surface area contributed by atoms with Crippen molar-refractivity contribution in [2.75, 3.05) is 39.4 Å². The normalized spacial score (nSPS) is 28.9. The third-order valence-corrected chi connectivity index (χ3v) is 8.46. The van der Waals surface area contributed by atoms with Crippen molar-refractivity contribution in [3.05, 3.63) is 0 Å². The zero-order valence-corrected chi connectivity index (χ0v) is 20.2. The molecule has 4 rings (SSSR count). The Balaban J connectivity index is 1.40. The maximum absolute atomic E-state index is 13.6. The number of carbonyl (C=O) groups excluding carboxylic acids is 2. The van der Waals surface area contributed by atoms with Crippen LogP contribution in [-0.2, 0) is 14.3 Å². The van der Waals surface area contributed by atoms with Gasteiger partial charge in [-0.05, 0) is 31.6 Å². The summed E-state index contributed by atoms with van der Waals surface area (Å²) in [6, 6.07) is 3.02. The van der Waals surface area contributed by atoms with E-state index in [0.29, 0.717) is 51.2 Å². The van der Waals surface area contributed by atoms with Crippen LogP contribution in [0.5, 0.6) is 0 Å². The molecule has 7 nitrogen and oxygen atoms in total. The molecule has 2 aliphatic heterocycles. The van der Waals surface area contributed by atoms with Gasteiger partial charge in [-0.25, -0.2) is 0 Å². The number of hydrogen-bond donors (Lipinski definition) is 1. The van der Waals surface area contributed by atoms with Gasteiger partial charge < -0.3 is 15.0 Å². The van der Waals surface area contributed by atoms with Crippen LogP contribution >= 0.6 is 0 Å². The largest absolute Gasteiger partial charge is 0.378 e. The van der Waals surface area contributed by atoms with Gasteiger partial charge in [0.15, 0.2) is 0 Å². The Morgan fingerprint density at radius 3 is 2.33 bits per heavy atom. The summed E-state index contributed by atoms with van der Waals surface area (Å²) in [5.74, 6) is 0.120. The molecule has 184 valence electrons. The Kier molecular flexibility index (Phi) is 8.65. The average molecular weight is 459 g/mol. The molecule has 4 fully saturated rings. The number of nitrogens with zero attached hydrogens (tertiary/aromatic N) is 3. The van der Waals surface area contributed by atoms with Gasteiger partial charge in [0.2, 0.25) is 11.8 Å². The van der Waals surface area contributed by atoms with E-state index in [9.17, 15) is 14.9 Å². The zero-order valence-electron chi connectivity index (χ0n) is 20.2. The molecule has 33 heavy (non-hydrogen) atoms. The summed E-state index contributed by atoms with van der Waals surface area (Å²) in [5.41, 5.74) is -0.818. The molecule has 4 aliphatic rings. The number of rotatable bonds is 7. The first-order valence-corrected chi connectivity index (χ1v) is 13.4. The minimum absolute atomic E-state index is 0.0514. The van der Waals surface area contributed by atoms with Crippen molar-refractivity contribution in [1.29, 1.82) is 5.26 Å². The van der Waals surface area contributed by atoms with Gasteiger partial charge in [0, 0.05) is 44.6 Å². The zero-order chi connectivity index (χ0) is 23.1. The van der Waals surface area contributed by atoms with E-state index in [4.69, 9.17) is 4.74 Å². The number of nitriles is 1. The highest BCUT2D eigenvalue weighted by Gasteiger charge is 2.43. The molecule has 0 aromatic rings. The molecule has 0 aromatic carbocycles. The molecule has 0 unspecified atom stereocenters. The van der Waals surface area contributed by atoms with Crippen LogP contribution in [-0.4, -0.2) is 72.6 Å². The predicted octanol–water partition coefficient (Wildman–Crippen LogP) is 3.24. The molecule has 2 heterocycles. The van der Waals surface area contributed by atoms with Crippen molar-refractivity contribution in [2.45, 2.75) is 95.1 Å². The fourth-order valence-corrected chi connectivity index (χ4v) is 6.42. The van der Waals surface area contributed by atoms with Gasteiger partial charge in [0.25, 0.3) is 0 Å². The van der Waals surface area contributed by atoms with E-state index < -0.39 is 5.54 Å². The summed E-state index contributed by atoms with van der Waals surface area (Å²) in [7, 11) is 0. The Hall–Kier alpha value is -1.65. The third-order valence-electron chi connectivity index (χ3n) is 8.46. The van der Waals surface area contributed by atoms with Crippen LogP contribution in [0.15, 0.2) is 0 Å². The standard InChI is InChI=1S/C26H42N4O3/c27-19-26(11-12-30(20-26)23-9-5-2-6-10-23)28-25(32)22(17-21-7-3-1-4-8-21)18-24(31)29-13-15-33-16-14-29/h21-23H,1-18,20H2,(H,28,32)/t22-,26+/m1/s1. The lowest BCUT2D eigenvalue weighted by Crippen LogP contribution is -2.53. The molecule has 0 aromatic heterocycles. The highest BCUT2D eigenvalue weighted by Crippen LogP contribution is 2.33. The topological polar surface area (TPSA) is 85.7 Å². The highest BCUT2D eigenvalue weighted by atomic mass is 16.5. The monoisotopic (exact) mass is 458 g/mol. The molecule has 7 heteroatoms. The summed E-state index contributed by atoms with van der Waals surface area (Å²) >= 11 is 0. The number of amides is 2. The Labute approximate surface area is 199 Å². The van der Waals surface area contributed by atoms with Crippen molar-refractivity contribution in [3.63, 3.8) is 0 Å². The summed E-state index contributed by atoms with van der Waals surface area (Å²) in [6.45, 7) is 3.84. The van der Waals surface area contributed by atoms with Gasteiger partial charge in [-0.15, -0.1) is 0 Å². The van der Waals surface area contributed by atoms with Crippen molar-refractivity contribution >= 4 is 11.8 Å². The first-order chi connectivity index (χ1) is 16.1. The number of nitrogens with one attached hydrogen (secondary N) is 1. The first-order valence-electron chi connectivity index (χ1n) is 13.4. The molecule has 2 saturated carbocycles. The Morgan fingerprint density at radius 2 is 1.67 bits per heavy atom. The third kappa shape index (κ3) is 6.48. The van der Waals surface area contributed by atoms with Gasteiger partial charge in [-0.3, -0.25) is 14.5 Å². The van der Waals surface area contributed by atoms with Crippen molar-refractivity contribution in [3.8, 4) is 6.07 Å². The summed E-state index contributed by atoms with van der Waals surface area (Å²) < 4.78 is 5.39. The van der Waals surface area contributed by atoms with Crippen molar-refractivity contribution < 1.29 is 14.3 Å². The van der Waals surface area contributed by atoms with Crippen LogP contribution < -0.4 is 5.32 Å². The molecule has 2 atom stereocenters. The van der Waals surface area contributed by atoms with E-state index >= 15 is 0 Å². The number of hydrogen-bond acceptors (Lipinski definition) is 5. The second kappa shape index (κ2) is 11.7. The molecule has 1 N–H and O–H groups in total. The van der Waals surface area contributed by atoms with Gasteiger partial charge >= 0.3 is 0 Å². The predicted molar refractivity (Wildman–Crippen MR) is 126 cm³/mol. The number of likely N-dealkylation sites (tertiary alicyclic amines) is 1. The van der Waals surface area contributed by atoms with Crippen molar-refractivity contribution in [1.82, 2.24) is 15.1 Å². The molecule has 0 spiro atoms. The lowest BCUT2D eigenvalue weighted by molar-refractivity contribution is -0.140. The van der Waals surface area contributed by atoms with Gasteiger partial charge in [0.05, 0.1) is 19.3 Å². The van der Waals surface area contributed by atoms with Crippen LogP contribution in [0.4, 0.5) is 0 Å². The fourth-order valence-electron chi connectivity index (χ4n) is 6.42. The smallest absolute Gasteiger partial charge is 0.224 e. The molecule has 2 amide bonds. The minimum Gasteiger partial charge on any atom is -0.378 e. The molecule has 2 saturated heterocycles. The second-order valence-corrected chi connectivity index (χ2v) is 10.8. The fraction of sp³-hybridized carbons (Fsp3) is 0.885. The maximum Gasteiger partial charge on any atom is 0.224 e. The van der Waals surface area contributed by atoms with E-state index in [1.165, 1.54) is 51.4 Å². The van der Waals surface area contributed by atoms with E-state index in [2.05, 4.69) is 16.3 Å². The maximum atomic E-state index is 13.6. The Morgan fingerprint density at radius 1 is 1.00 bits per heavy atom. The molecule has 2 aliphatic carbocycles. The van der Waals surface area contributed by atoms with Crippen LogP contribution in [0, 0.1) is 23.2 Å². The minimum atomic E-state index is -0.818. The van der Waals surface area contributed by atoms with Crippen LogP contribution in [0.1, 0.15) is 83.5 Å². The molecular weight excluding hydrogens is 416 g/mol. The highest BCUT2D eigenvalue weighted by molar-refractivity contribution is 5.86. The Bertz CT molecular complexity index is 705. The van der Waals surface area contributed by atoms with Crippen molar-refractivity contribution in [2.24, 2.45) is 11.8 Å². The van der Waals surface area contributed by atoms with Gasteiger partial charge in [-0.2, -0.15) is 5.26 Å². The molecular formula is C26H42N4O3. The van der Waals surface area contributed by atoms with E-state index in [-0.39, 0.29) is 24.2 Å². The summed E-state index contributed by atoms with van der Waals surface area (Å²) in [6.07, 6.45) is 13.9. The second-order valence-electron chi connectivity index (χ2n) is 10.8. The van der Waals surface area contributed by atoms with E-state index in [1.54, 1.807) is 0 Å². The summed E-state index contributed by atoms with van der Waals surface area (Å²) in [5, 5.41) is 13.3. The summed E-state index contributed by atoms with van der Waals surface area (Å²) in [4.78, 5) is 30.8. The SMILES string of the molecule is N#C[C@@]1(NC(=O)[C@@H](CC(=O)N2CCOCC2)CC2CCCCC2)CCN(C2CCCCC2)C1. The average Bonchev–Trinajstić information content (AvgIpc) is 3.30. The van der Waals surface area contributed by atoms with Crippen LogP contribution in [0.25, 0.3) is 0 Å². The number of ether oxygens (including phenoxy) is 1. The first kappa shape index (κ1) is 24.5. The number of carbonyl (C=O) groups is 2. The number of morpholine rings is 1. The van der Waals surface area contributed by atoms with Crippen LogP contribution in [0.3, 0.4) is 0 Å². The molecule has 0 radical (unpaired) electrons. The van der Waals surface area contributed by atoms with Crippen LogP contribution in [0.2, 0.25) is 0 Å². The molecule has 0 bridgehead atoms. The van der Waals surface area contributed by atoms with Gasteiger partial charge in [0.1, 0.15) is 5.54 Å². The quantitative estimate of drug-likeness (QED) is 0.633. The lowest BCUT2D eigenvalue weighted by atomic mass is 9.81. The van der Waals surface area contributed by atoms with E-state index in [1.807, 2.05) is 4.90 Å².